The summed E-state index contributed by atoms with van der Waals surface area (Å²) in [5, 5.41) is 0.631. The largest absolute Gasteiger partial charge is 0.483 e. The Balaban J connectivity index is 2.24. The van der Waals surface area contributed by atoms with Gasteiger partial charge in [0.2, 0.25) is 0 Å². The standard InChI is InChI=1S/C21H22O7/c1-11(2)10-16(24)27-19-17-14(28-21(4,5)20(19)25-12(3)22)8-6-13-7-9-15(23)26-18(13)17/h6-10,19-20H,1-5H3/t19-,20+/m1/s1. The van der Waals surface area contributed by atoms with Gasteiger partial charge in [-0.15, -0.1) is 0 Å². The van der Waals surface area contributed by atoms with E-state index in [9.17, 15) is 14.4 Å². The fourth-order valence-corrected chi connectivity index (χ4v) is 3.25. The Bertz CT molecular complexity index is 1020. The summed E-state index contributed by atoms with van der Waals surface area (Å²) in [6.07, 6.45) is -0.614. The molecule has 0 amide bonds. The second-order valence-corrected chi connectivity index (χ2v) is 7.46. The van der Waals surface area contributed by atoms with Crippen molar-refractivity contribution in [3.8, 4) is 5.75 Å². The van der Waals surface area contributed by atoms with E-state index in [4.69, 9.17) is 18.6 Å². The normalized spacial score (nSPS) is 19.9. The van der Waals surface area contributed by atoms with Crippen molar-refractivity contribution in [2.24, 2.45) is 0 Å². The van der Waals surface area contributed by atoms with E-state index in [1.165, 1.54) is 19.1 Å². The van der Waals surface area contributed by atoms with Crippen molar-refractivity contribution < 1.29 is 28.2 Å². The van der Waals surface area contributed by atoms with E-state index >= 15 is 0 Å². The van der Waals surface area contributed by atoms with E-state index in [1.807, 2.05) is 0 Å². The summed E-state index contributed by atoms with van der Waals surface area (Å²) >= 11 is 0. The monoisotopic (exact) mass is 386 g/mol. The zero-order valence-corrected chi connectivity index (χ0v) is 16.4. The van der Waals surface area contributed by atoms with Crippen molar-refractivity contribution in [1.82, 2.24) is 0 Å². The molecular weight excluding hydrogens is 364 g/mol. The molecule has 0 N–H and O–H groups in total. The van der Waals surface area contributed by atoms with Crippen LogP contribution in [0.1, 0.15) is 46.3 Å². The van der Waals surface area contributed by atoms with Gasteiger partial charge in [-0.25, -0.2) is 9.59 Å². The Hall–Kier alpha value is -3.09. The Morgan fingerprint density at radius 2 is 1.75 bits per heavy atom. The molecule has 7 heteroatoms. The van der Waals surface area contributed by atoms with Gasteiger partial charge in [0.25, 0.3) is 0 Å². The highest BCUT2D eigenvalue weighted by atomic mass is 16.6. The molecule has 28 heavy (non-hydrogen) atoms. The summed E-state index contributed by atoms with van der Waals surface area (Å²) in [7, 11) is 0. The lowest BCUT2D eigenvalue weighted by Gasteiger charge is -2.43. The molecule has 2 aromatic rings. The number of rotatable bonds is 3. The molecule has 1 aliphatic rings. The number of hydrogen-bond acceptors (Lipinski definition) is 7. The molecule has 1 aromatic carbocycles. The number of benzene rings is 1. The lowest BCUT2D eigenvalue weighted by Crippen LogP contribution is -2.52. The van der Waals surface area contributed by atoms with E-state index in [0.29, 0.717) is 16.7 Å². The smallest absolute Gasteiger partial charge is 0.336 e. The highest BCUT2D eigenvalue weighted by Crippen LogP contribution is 2.46. The van der Waals surface area contributed by atoms with Gasteiger partial charge in [-0.3, -0.25) is 4.79 Å². The fourth-order valence-electron chi connectivity index (χ4n) is 3.25. The Kier molecular flexibility index (Phi) is 5.02. The summed E-state index contributed by atoms with van der Waals surface area (Å²) < 4.78 is 22.6. The van der Waals surface area contributed by atoms with E-state index < -0.39 is 35.4 Å². The van der Waals surface area contributed by atoms with E-state index in [1.54, 1.807) is 45.9 Å². The van der Waals surface area contributed by atoms with Crippen LogP contribution in [0.2, 0.25) is 0 Å². The molecule has 2 atom stereocenters. The Morgan fingerprint density at radius 3 is 2.39 bits per heavy atom. The quantitative estimate of drug-likeness (QED) is 0.453. The van der Waals surface area contributed by atoms with Gasteiger partial charge in [-0.2, -0.15) is 0 Å². The maximum atomic E-state index is 12.4. The molecular formula is C21H22O7. The van der Waals surface area contributed by atoms with Crippen LogP contribution in [0.5, 0.6) is 5.75 Å². The molecule has 0 saturated carbocycles. The van der Waals surface area contributed by atoms with Crippen LogP contribution in [0.3, 0.4) is 0 Å². The molecule has 0 unspecified atom stereocenters. The zero-order valence-electron chi connectivity index (χ0n) is 16.4. The fraction of sp³-hybridized carbons (Fsp3) is 0.381. The number of hydrogen-bond donors (Lipinski definition) is 0. The molecule has 1 aromatic heterocycles. The lowest BCUT2D eigenvalue weighted by atomic mass is 9.87. The molecule has 7 nitrogen and oxygen atoms in total. The van der Waals surface area contributed by atoms with Gasteiger partial charge in [0.1, 0.15) is 16.9 Å². The third kappa shape index (κ3) is 3.78. The topological polar surface area (TPSA) is 92.0 Å². The lowest BCUT2D eigenvalue weighted by molar-refractivity contribution is -0.186. The van der Waals surface area contributed by atoms with Crippen molar-refractivity contribution in [3.05, 3.63) is 51.9 Å². The van der Waals surface area contributed by atoms with Gasteiger partial charge in [0.15, 0.2) is 12.2 Å². The third-order valence-electron chi connectivity index (χ3n) is 4.35. The first-order valence-electron chi connectivity index (χ1n) is 8.87. The van der Waals surface area contributed by atoms with Gasteiger partial charge in [0, 0.05) is 24.5 Å². The minimum Gasteiger partial charge on any atom is -0.483 e. The molecule has 0 bridgehead atoms. The van der Waals surface area contributed by atoms with Gasteiger partial charge >= 0.3 is 17.6 Å². The molecule has 2 heterocycles. The summed E-state index contributed by atoms with van der Waals surface area (Å²) in [6, 6.07) is 6.37. The van der Waals surface area contributed by atoms with Gasteiger partial charge < -0.3 is 18.6 Å². The molecule has 0 saturated heterocycles. The Labute approximate surface area is 161 Å². The summed E-state index contributed by atoms with van der Waals surface area (Å²) in [6.45, 7) is 8.26. The van der Waals surface area contributed by atoms with Crippen LogP contribution >= 0.6 is 0 Å². The summed E-state index contributed by atoms with van der Waals surface area (Å²) in [5.41, 5.74) is -0.199. The first-order chi connectivity index (χ1) is 13.1. The average molecular weight is 386 g/mol. The van der Waals surface area contributed by atoms with Crippen LogP contribution in [0, 0.1) is 0 Å². The van der Waals surface area contributed by atoms with Crippen molar-refractivity contribution in [2.45, 2.75) is 52.4 Å². The number of ether oxygens (including phenoxy) is 3. The second kappa shape index (κ2) is 7.14. The molecule has 148 valence electrons. The SMILES string of the molecule is CC(=O)O[C@H]1[C@H](OC(=O)C=C(C)C)c2c(ccc3ccc(=O)oc23)OC1(C)C. The van der Waals surface area contributed by atoms with Gasteiger partial charge in [-0.1, -0.05) is 5.57 Å². The minimum atomic E-state index is -1.01. The number of allylic oxidation sites excluding steroid dienone is 1. The van der Waals surface area contributed by atoms with Gasteiger partial charge in [0.05, 0.1) is 5.56 Å². The number of carbonyl (C=O) groups is 2. The molecule has 3 rings (SSSR count). The first-order valence-corrected chi connectivity index (χ1v) is 8.87. The zero-order chi connectivity index (χ0) is 20.6. The van der Waals surface area contributed by atoms with E-state index in [0.717, 1.165) is 5.57 Å². The second-order valence-electron chi connectivity index (χ2n) is 7.46. The molecule has 0 spiro atoms. The average Bonchev–Trinajstić information content (AvgIpc) is 2.56. The first kappa shape index (κ1) is 19.7. The van der Waals surface area contributed by atoms with Crippen molar-refractivity contribution in [3.63, 3.8) is 0 Å². The molecule has 0 aliphatic carbocycles. The Morgan fingerprint density at radius 1 is 1.07 bits per heavy atom. The van der Waals surface area contributed by atoms with E-state index in [2.05, 4.69) is 0 Å². The maximum absolute atomic E-state index is 12.4. The van der Waals surface area contributed by atoms with Crippen LogP contribution in [-0.4, -0.2) is 23.6 Å². The van der Waals surface area contributed by atoms with Crippen LogP contribution in [-0.2, 0) is 19.1 Å². The molecule has 0 fully saturated rings. The minimum absolute atomic E-state index is 0.229. The summed E-state index contributed by atoms with van der Waals surface area (Å²) in [4.78, 5) is 36.0. The van der Waals surface area contributed by atoms with Crippen LogP contribution in [0.4, 0.5) is 0 Å². The number of fused-ring (bicyclic) bond motifs is 3. The van der Waals surface area contributed by atoms with Gasteiger partial charge in [-0.05, 0) is 45.9 Å². The number of carbonyl (C=O) groups excluding carboxylic acids is 2. The highest BCUT2D eigenvalue weighted by molar-refractivity contribution is 5.86. The number of esters is 2. The molecule has 1 aliphatic heterocycles. The maximum Gasteiger partial charge on any atom is 0.336 e. The van der Waals surface area contributed by atoms with Crippen LogP contribution < -0.4 is 10.4 Å². The third-order valence-corrected chi connectivity index (χ3v) is 4.35. The molecule has 0 radical (unpaired) electrons. The van der Waals surface area contributed by atoms with Crippen molar-refractivity contribution >= 4 is 22.9 Å². The summed E-state index contributed by atoms with van der Waals surface area (Å²) in [5.74, 6) is -0.749. The van der Waals surface area contributed by atoms with Crippen LogP contribution in [0.25, 0.3) is 11.0 Å². The predicted octanol–water partition coefficient (Wildman–Crippen LogP) is 3.45. The van der Waals surface area contributed by atoms with Crippen LogP contribution in [0.15, 0.2) is 45.1 Å². The van der Waals surface area contributed by atoms with Crippen molar-refractivity contribution in [1.29, 1.82) is 0 Å². The van der Waals surface area contributed by atoms with E-state index in [-0.39, 0.29) is 5.58 Å². The predicted molar refractivity (Wildman–Crippen MR) is 101 cm³/mol. The highest BCUT2D eigenvalue weighted by Gasteiger charge is 2.49. The van der Waals surface area contributed by atoms with Crippen molar-refractivity contribution in [2.75, 3.05) is 0 Å².